The number of fused-ring (bicyclic) bond motifs is 1. The first-order valence-corrected chi connectivity index (χ1v) is 15.5. The van der Waals surface area contributed by atoms with Gasteiger partial charge in [0.15, 0.2) is 16.6 Å². The molecule has 1 atom stereocenters. The normalized spacial score (nSPS) is 15.9. The lowest BCUT2D eigenvalue weighted by Gasteiger charge is -2.24. The van der Waals surface area contributed by atoms with Crippen molar-refractivity contribution in [3.8, 4) is 17.2 Å². The van der Waals surface area contributed by atoms with Crippen LogP contribution in [-0.2, 0) is 16.2 Å². The lowest BCUT2D eigenvalue weighted by atomic mass is 9.95. The number of hydrogen-bond acceptors (Lipinski definition) is 8. The molecular formula is C36H32N2O6S. The number of ketones is 1. The van der Waals surface area contributed by atoms with Gasteiger partial charge in [0, 0.05) is 5.56 Å². The van der Waals surface area contributed by atoms with Gasteiger partial charge >= 0.3 is 5.91 Å². The molecule has 45 heavy (non-hydrogen) atoms. The number of nitrogens with zero attached hydrogens (tertiary/aromatic N) is 2. The van der Waals surface area contributed by atoms with Gasteiger partial charge in [-0.05, 0) is 62.2 Å². The van der Waals surface area contributed by atoms with Crippen LogP contribution in [0, 0.1) is 6.92 Å². The van der Waals surface area contributed by atoms with Crippen LogP contribution in [0.2, 0.25) is 0 Å². The van der Waals surface area contributed by atoms with Crippen molar-refractivity contribution >= 4 is 44.1 Å². The van der Waals surface area contributed by atoms with Crippen LogP contribution in [-0.4, -0.2) is 35.0 Å². The van der Waals surface area contributed by atoms with E-state index in [0.717, 1.165) is 15.8 Å². The molecule has 9 heteroatoms. The van der Waals surface area contributed by atoms with Crippen molar-refractivity contribution in [2.45, 2.75) is 33.4 Å². The zero-order valence-corrected chi connectivity index (χ0v) is 26.0. The summed E-state index contributed by atoms with van der Waals surface area (Å²) in [6.45, 7) is 6.93. The summed E-state index contributed by atoms with van der Waals surface area (Å²) in [5.41, 5.74) is 3.63. The smallest absolute Gasteiger partial charge is 0.301 e. The molecule has 0 saturated carbocycles. The van der Waals surface area contributed by atoms with Crippen molar-refractivity contribution in [1.82, 2.24) is 4.98 Å². The molecule has 5 aromatic rings. The highest BCUT2D eigenvalue weighted by Crippen LogP contribution is 2.46. The molecule has 0 spiro atoms. The molecule has 228 valence electrons. The molecule has 1 aliphatic rings. The van der Waals surface area contributed by atoms with Gasteiger partial charge in [-0.3, -0.25) is 14.5 Å². The SMILES string of the molecule is CCOc1ccc2nc(N3C(=O)C(=O)/C(=C(/O)c4ccc(C)cc4)C3c3ccc(OCc4ccccc4)c(OCC)c3)sc2c1. The number of Topliss-reactive ketones (excluding diaryl/α,β-unsaturated/α-hetero) is 1. The maximum atomic E-state index is 13.8. The minimum absolute atomic E-state index is 0.0292. The van der Waals surface area contributed by atoms with Crippen LogP contribution < -0.4 is 19.1 Å². The number of rotatable bonds is 10. The van der Waals surface area contributed by atoms with Crippen LogP contribution in [0.15, 0.2) is 96.6 Å². The predicted octanol–water partition coefficient (Wildman–Crippen LogP) is 7.61. The monoisotopic (exact) mass is 620 g/mol. The summed E-state index contributed by atoms with van der Waals surface area (Å²) in [4.78, 5) is 33.6. The highest BCUT2D eigenvalue weighted by atomic mass is 32.1. The molecule has 1 unspecified atom stereocenters. The van der Waals surface area contributed by atoms with Crippen molar-refractivity contribution in [2.75, 3.05) is 18.1 Å². The second-order valence-corrected chi connectivity index (χ2v) is 11.5. The highest BCUT2D eigenvalue weighted by Gasteiger charge is 2.48. The maximum Gasteiger partial charge on any atom is 0.301 e. The van der Waals surface area contributed by atoms with E-state index in [1.807, 2.05) is 81.4 Å². The Hall–Kier alpha value is -5.15. The predicted molar refractivity (Wildman–Crippen MR) is 175 cm³/mol. The third-order valence-corrected chi connectivity index (χ3v) is 8.47. The van der Waals surface area contributed by atoms with Gasteiger partial charge < -0.3 is 19.3 Å². The Kier molecular flexibility index (Phi) is 8.53. The zero-order chi connectivity index (χ0) is 31.5. The van der Waals surface area contributed by atoms with E-state index in [2.05, 4.69) is 0 Å². The Labute approximate surface area is 265 Å². The summed E-state index contributed by atoms with van der Waals surface area (Å²) in [5.74, 6) is -0.177. The van der Waals surface area contributed by atoms with Gasteiger partial charge in [-0.25, -0.2) is 4.98 Å². The topological polar surface area (TPSA) is 98.2 Å². The zero-order valence-electron chi connectivity index (χ0n) is 25.2. The van der Waals surface area contributed by atoms with E-state index in [1.54, 1.807) is 30.3 Å². The van der Waals surface area contributed by atoms with E-state index in [-0.39, 0.29) is 11.3 Å². The summed E-state index contributed by atoms with van der Waals surface area (Å²) in [6.07, 6.45) is 0. The second kappa shape index (κ2) is 12.8. The number of aliphatic hydroxyl groups excluding tert-OH is 1. The molecule has 1 aliphatic heterocycles. The molecule has 0 aliphatic carbocycles. The maximum absolute atomic E-state index is 13.8. The summed E-state index contributed by atoms with van der Waals surface area (Å²) < 4.78 is 18.6. The molecule has 1 saturated heterocycles. The summed E-state index contributed by atoms with van der Waals surface area (Å²) >= 11 is 1.28. The van der Waals surface area contributed by atoms with Gasteiger partial charge in [0.05, 0.1) is 35.0 Å². The van der Waals surface area contributed by atoms with E-state index in [1.165, 1.54) is 16.2 Å². The average molecular weight is 621 g/mol. The number of aryl methyl sites for hydroxylation is 1. The number of anilines is 1. The standard InChI is InChI=1S/C36H32N2O6S/c1-4-42-26-16-17-27-30(20-26)45-36(37-27)38-32(31(34(40)35(38)41)33(39)24-13-11-22(3)12-14-24)25-15-18-28(29(19-25)43-5-2)44-21-23-9-7-6-8-10-23/h6-20,32,39H,4-5,21H2,1-3H3/b33-31+. The van der Waals surface area contributed by atoms with Crippen molar-refractivity contribution in [3.05, 3.63) is 119 Å². The van der Waals surface area contributed by atoms with Crippen LogP contribution in [0.4, 0.5) is 5.13 Å². The number of aromatic nitrogens is 1. The number of ether oxygens (including phenoxy) is 3. The highest BCUT2D eigenvalue weighted by molar-refractivity contribution is 7.22. The fourth-order valence-corrected chi connectivity index (χ4v) is 6.30. The largest absolute Gasteiger partial charge is 0.507 e. The first-order chi connectivity index (χ1) is 21.9. The third-order valence-electron chi connectivity index (χ3n) is 7.46. The molecular weight excluding hydrogens is 588 g/mol. The van der Waals surface area contributed by atoms with E-state index < -0.39 is 17.7 Å². The van der Waals surface area contributed by atoms with Gasteiger partial charge in [-0.1, -0.05) is 77.6 Å². The summed E-state index contributed by atoms with van der Waals surface area (Å²) in [5, 5.41) is 11.9. The molecule has 1 aromatic heterocycles. The third kappa shape index (κ3) is 5.99. The van der Waals surface area contributed by atoms with E-state index in [9.17, 15) is 14.7 Å². The van der Waals surface area contributed by atoms with Crippen LogP contribution in [0.5, 0.6) is 17.2 Å². The first-order valence-electron chi connectivity index (χ1n) is 14.7. The molecule has 6 rings (SSSR count). The first kappa shape index (κ1) is 29.9. The Morgan fingerprint density at radius 2 is 1.62 bits per heavy atom. The number of carbonyl (C=O) groups is 2. The number of thiazole rings is 1. The van der Waals surface area contributed by atoms with Gasteiger partial charge in [-0.15, -0.1) is 0 Å². The number of hydrogen-bond donors (Lipinski definition) is 1. The molecule has 1 fully saturated rings. The molecule has 8 nitrogen and oxygen atoms in total. The average Bonchev–Trinajstić information content (AvgIpc) is 3.58. The Morgan fingerprint density at radius 1 is 0.867 bits per heavy atom. The quantitative estimate of drug-likeness (QED) is 0.0975. The second-order valence-electron chi connectivity index (χ2n) is 10.5. The van der Waals surface area contributed by atoms with Crippen LogP contribution in [0.3, 0.4) is 0 Å². The number of amides is 1. The summed E-state index contributed by atoms with van der Waals surface area (Å²) in [7, 11) is 0. The van der Waals surface area contributed by atoms with E-state index in [4.69, 9.17) is 19.2 Å². The van der Waals surface area contributed by atoms with Crippen molar-refractivity contribution in [3.63, 3.8) is 0 Å². The minimum atomic E-state index is -0.972. The number of aliphatic hydroxyl groups is 1. The lowest BCUT2D eigenvalue weighted by molar-refractivity contribution is -0.132. The fourth-order valence-electron chi connectivity index (χ4n) is 5.28. The van der Waals surface area contributed by atoms with Crippen LogP contribution in [0.1, 0.15) is 42.1 Å². The molecule has 0 radical (unpaired) electrons. The molecule has 0 bridgehead atoms. The molecule has 1 amide bonds. The molecule has 1 N–H and O–H groups in total. The van der Waals surface area contributed by atoms with Crippen LogP contribution >= 0.6 is 11.3 Å². The molecule has 2 heterocycles. The van der Waals surface area contributed by atoms with Gasteiger partial charge in [0.2, 0.25) is 0 Å². The van der Waals surface area contributed by atoms with E-state index >= 15 is 0 Å². The summed E-state index contributed by atoms with van der Waals surface area (Å²) in [6, 6.07) is 26.8. The minimum Gasteiger partial charge on any atom is -0.507 e. The Morgan fingerprint density at radius 3 is 2.36 bits per heavy atom. The molecule has 4 aromatic carbocycles. The van der Waals surface area contributed by atoms with Gasteiger partial charge in [0.25, 0.3) is 5.78 Å². The lowest BCUT2D eigenvalue weighted by Crippen LogP contribution is -2.29. The van der Waals surface area contributed by atoms with Gasteiger partial charge in [-0.2, -0.15) is 0 Å². The number of carbonyl (C=O) groups excluding carboxylic acids is 2. The van der Waals surface area contributed by atoms with Crippen molar-refractivity contribution in [1.29, 1.82) is 0 Å². The Bertz CT molecular complexity index is 1900. The number of benzene rings is 4. The Balaban J connectivity index is 1.48. The van der Waals surface area contributed by atoms with Crippen LogP contribution in [0.25, 0.3) is 16.0 Å². The van der Waals surface area contributed by atoms with Crippen molar-refractivity contribution < 1.29 is 28.9 Å². The fraction of sp³-hybridized carbons (Fsp3) is 0.194. The van der Waals surface area contributed by atoms with Crippen molar-refractivity contribution in [2.24, 2.45) is 0 Å². The van der Waals surface area contributed by atoms with E-state index in [0.29, 0.717) is 58.8 Å². The van der Waals surface area contributed by atoms with Gasteiger partial charge in [0.1, 0.15) is 18.1 Å².